The normalized spacial score (nSPS) is 23.8. The van der Waals surface area contributed by atoms with Gasteiger partial charge in [-0.15, -0.1) is 0 Å². The summed E-state index contributed by atoms with van der Waals surface area (Å²) in [6, 6.07) is 0. The van der Waals surface area contributed by atoms with Crippen LogP contribution in [0.3, 0.4) is 0 Å². The van der Waals surface area contributed by atoms with Crippen molar-refractivity contribution in [3.05, 3.63) is 0 Å². The summed E-state index contributed by atoms with van der Waals surface area (Å²) < 4.78 is 6.49. The molecular formula is C36H70O2. The second-order valence-corrected chi connectivity index (χ2v) is 18.6. The number of carbonyl (C=O) groups is 1. The Morgan fingerprint density at radius 1 is 0.658 bits per heavy atom. The quantitative estimate of drug-likeness (QED) is 0.220. The van der Waals surface area contributed by atoms with Crippen LogP contribution in [-0.4, -0.2) is 12.1 Å². The van der Waals surface area contributed by atoms with E-state index in [1.807, 2.05) is 0 Å². The molecule has 5 unspecified atom stereocenters. The zero-order valence-corrected chi connectivity index (χ0v) is 29.3. The first-order valence-electron chi connectivity index (χ1n) is 16.0. The average Bonchev–Trinajstić information content (AvgIpc) is 3.33. The van der Waals surface area contributed by atoms with E-state index in [0.717, 1.165) is 12.8 Å². The minimum Gasteiger partial charge on any atom is -0.461 e. The first-order valence-corrected chi connectivity index (χ1v) is 16.0. The molecule has 2 heteroatoms. The molecule has 1 fully saturated rings. The molecule has 226 valence electrons. The molecule has 0 aromatic carbocycles. The van der Waals surface area contributed by atoms with Gasteiger partial charge in [0.1, 0.15) is 6.10 Å². The molecule has 2 nitrogen and oxygen atoms in total. The van der Waals surface area contributed by atoms with E-state index in [1.54, 1.807) is 0 Å². The molecular weight excluding hydrogens is 464 g/mol. The fraction of sp³-hybridized carbons (Fsp3) is 0.972. The minimum atomic E-state index is -0.529. The zero-order valence-electron chi connectivity index (χ0n) is 29.3. The van der Waals surface area contributed by atoms with Crippen LogP contribution in [0.1, 0.15) is 150 Å². The Hall–Kier alpha value is -0.530. The number of hydrogen-bond donors (Lipinski definition) is 0. The van der Waals surface area contributed by atoms with Crippen molar-refractivity contribution in [1.29, 1.82) is 0 Å². The lowest BCUT2D eigenvalue weighted by molar-refractivity contribution is -0.176. The summed E-state index contributed by atoms with van der Waals surface area (Å²) in [6.07, 6.45) is 4.37. The fourth-order valence-corrected chi connectivity index (χ4v) is 8.31. The van der Waals surface area contributed by atoms with Crippen LogP contribution in [0.2, 0.25) is 0 Å². The van der Waals surface area contributed by atoms with Gasteiger partial charge in [0, 0.05) is 0 Å². The minimum absolute atomic E-state index is 0.0362. The van der Waals surface area contributed by atoms with Crippen molar-refractivity contribution in [3.8, 4) is 0 Å². The second kappa shape index (κ2) is 12.1. The zero-order chi connectivity index (χ0) is 30.2. The Balaban J connectivity index is 3.52. The molecule has 0 saturated heterocycles. The Morgan fingerprint density at radius 3 is 1.47 bits per heavy atom. The van der Waals surface area contributed by atoms with Gasteiger partial charge < -0.3 is 4.74 Å². The summed E-state index contributed by atoms with van der Waals surface area (Å²) in [7, 11) is 0. The van der Waals surface area contributed by atoms with Crippen LogP contribution in [-0.2, 0) is 9.53 Å². The van der Waals surface area contributed by atoms with E-state index >= 15 is 0 Å². The second-order valence-electron chi connectivity index (χ2n) is 18.6. The van der Waals surface area contributed by atoms with Crippen molar-refractivity contribution in [2.75, 3.05) is 0 Å². The maximum Gasteiger partial charge on any atom is 0.312 e. The molecule has 1 rings (SSSR count). The number of ether oxygens (including phenoxy) is 1. The molecule has 1 aliphatic rings. The van der Waals surface area contributed by atoms with Gasteiger partial charge >= 0.3 is 5.97 Å². The first-order chi connectivity index (χ1) is 16.8. The number of esters is 1. The lowest BCUT2D eigenvalue weighted by Crippen LogP contribution is -2.48. The van der Waals surface area contributed by atoms with Crippen LogP contribution in [0.5, 0.6) is 0 Å². The Bertz CT molecular complexity index is 749. The van der Waals surface area contributed by atoms with Crippen molar-refractivity contribution in [2.24, 2.45) is 68.5 Å². The molecule has 1 saturated carbocycles. The molecule has 5 atom stereocenters. The van der Waals surface area contributed by atoms with Crippen molar-refractivity contribution in [1.82, 2.24) is 0 Å². The molecule has 0 amide bonds. The van der Waals surface area contributed by atoms with Crippen LogP contribution in [0.4, 0.5) is 0 Å². The third-order valence-electron chi connectivity index (χ3n) is 10.1. The first kappa shape index (κ1) is 35.5. The molecule has 0 aromatic rings. The van der Waals surface area contributed by atoms with Gasteiger partial charge in [-0.25, -0.2) is 0 Å². The molecule has 0 aromatic heterocycles. The third-order valence-corrected chi connectivity index (χ3v) is 10.1. The van der Waals surface area contributed by atoms with E-state index in [4.69, 9.17) is 4.74 Å². The molecule has 1 aliphatic carbocycles. The average molecular weight is 535 g/mol. The van der Waals surface area contributed by atoms with Crippen LogP contribution < -0.4 is 0 Å². The van der Waals surface area contributed by atoms with Gasteiger partial charge in [0.2, 0.25) is 0 Å². The van der Waals surface area contributed by atoms with Gasteiger partial charge in [0.15, 0.2) is 0 Å². The van der Waals surface area contributed by atoms with E-state index in [1.165, 1.54) is 12.8 Å². The monoisotopic (exact) mass is 535 g/mol. The molecule has 0 aliphatic heterocycles. The highest BCUT2D eigenvalue weighted by Gasteiger charge is 2.62. The standard InChI is InChI=1S/C36H70O2/c1-23(2)26(7)19-27-28(29(27)34(14,15)21-32(8,9)10)20-36(18,35(16,17)22-33(11,12)13)31(37)38-30(24(3)4)25(5)6/h23-30H,19-22H2,1-18H3. The van der Waals surface area contributed by atoms with E-state index < -0.39 is 5.41 Å². The van der Waals surface area contributed by atoms with Gasteiger partial charge in [-0.05, 0) is 95.7 Å². The maximum atomic E-state index is 14.4. The third kappa shape index (κ3) is 9.26. The Labute approximate surface area is 240 Å². The van der Waals surface area contributed by atoms with Crippen molar-refractivity contribution < 1.29 is 9.53 Å². The molecule has 0 radical (unpaired) electrons. The van der Waals surface area contributed by atoms with E-state index in [-0.39, 0.29) is 28.3 Å². The molecule has 0 bridgehead atoms. The molecule has 0 spiro atoms. The van der Waals surface area contributed by atoms with Crippen molar-refractivity contribution in [3.63, 3.8) is 0 Å². The summed E-state index contributed by atoms with van der Waals surface area (Å²) in [6.45, 7) is 41.9. The molecule has 38 heavy (non-hydrogen) atoms. The summed E-state index contributed by atoms with van der Waals surface area (Å²) in [5, 5.41) is 0. The maximum absolute atomic E-state index is 14.4. The lowest BCUT2D eigenvalue weighted by atomic mass is 9.58. The summed E-state index contributed by atoms with van der Waals surface area (Å²) in [5.74, 6) is 3.97. The lowest BCUT2D eigenvalue weighted by Gasteiger charge is -2.47. The Kier molecular flexibility index (Phi) is 11.3. The highest BCUT2D eigenvalue weighted by atomic mass is 16.5. The number of rotatable bonds is 13. The van der Waals surface area contributed by atoms with Crippen LogP contribution in [0.25, 0.3) is 0 Å². The fourth-order valence-electron chi connectivity index (χ4n) is 8.31. The van der Waals surface area contributed by atoms with Gasteiger partial charge in [0.25, 0.3) is 0 Å². The van der Waals surface area contributed by atoms with Crippen molar-refractivity contribution in [2.45, 2.75) is 156 Å². The van der Waals surface area contributed by atoms with Gasteiger partial charge in [-0.1, -0.05) is 118 Å². The SMILES string of the molecule is CC(C)C(C)CC1C(CC(C)(C(=O)OC(C(C)C)C(C)C)C(C)(C)CC(C)(C)C)C1C(C)(C)CC(C)(C)C. The highest BCUT2D eigenvalue weighted by Crippen LogP contribution is 2.66. The largest absolute Gasteiger partial charge is 0.461 e. The smallest absolute Gasteiger partial charge is 0.312 e. The van der Waals surface area contributed by atoms with E-state index in [2.05, 4.69) is 125 Å². The summed E-state index contributed by atoms with van der Waals surface area (Å²) >= 11 is 0. The topological polar surface area (TPSA) is 26.3 Å². The van der Waals surface area contributed by atoms with Crippen LogP contribution in [0, 0.1) is 68.5 Å². The summed E-state index contributed by atoms with van der Waals surface area (Å²) in [4.78, 5) is 14.4. The van der Waals surface area contributed by atoms with E-state index in [9.17, 15) is 4.79 Å². The predicted octanol–water partition coefficient (Wildman–Crippen LogP) is 11.1. The van der Waals surface area contributed by atoms with Crippen molar-refractivity contribution >= 4 is 5.97 Å². The van der Waals surface area contributed by atoms with Crippen LogP contribution in [0.15, 0.2) is 0 Å². The Morgan fingerprint density at radius 2 is 1.11 bits per heavy atom. The van der Waals surface area contributed by atoms with Crippen LogP contribution >= 0.6 is 0 Å². The molecule has 0 heterocycles. The molecule has 0 N–H and O–H groups in total. The van der Waals surface area contributed by atoms with E-state index in [0.29, 0.717) is 46.8 Å². The van der Waals surface area contributed by atoms with Gasteiger partial charge in [-0.2, -0.15) is 0 Å². The number of carbonyl (C=O) groups excluding carboxylic acids is 1. The summed E-state index contributed by atoms with van der Waals surface area (Å²) in [5.41, 5.74) is -0.0161. The number of hydrogen-bond acceptors (Lipinski definition) is 2. The highest BCUT2D eigenvalue weighted by molar-refractivity contribution is 5.78. The van der Waals surface area contributed by atoms with Gasteiger partial charge in [-0.3, -0.25) is 4.79 Å². The van der Waals surface area contributed by atoms with Gasteiger partial charge in [0.05, 0.1) is 5.41 Å². The predicted molar refractivity (Wildman–Crippen MR) is 167 cm³/mol.